The summed E-state index contributed by atoms with van der Waals surface area (Å²) >= 11 is 0. The summed E-state index contributed by atoms with van der Waals surface area (Å²) in [6.45, 7) is 0. The number of methoxy groups -OCH3 is 1. The molecule has 90 valence electrons. The maximum atomic E-state index is 11.0. The number of ether oxygens (including phenoxy) is 1. The molecule has 4 nitrogen and oxygen atoms in total. The molecule has 2 atom stereocenters. The lowest BCUT2D eigenvalue weighted by molar-refractivity contribution is -0.144. The van der Waals surface area contributed by atoms with E-state index in [-0.39, 0.29) is 6.42 Å². The molecular formula is C13H14O4. The number of rotatable bonds is 4. The van der Waals surface area contributed by atoms with Gasteiger partial charge in [0.25, 0.3) is 0 Å². The van der Waals surface area contributed by atoms with E-state index in [0.717, 1.165) is 0 Å². The topological polar surface area (TPSA) is 66.8 Å². The van der Waals surface area contributed by atoms with Gasteiger partial charge in [-0.15, -0.1) is 6.42 Å². The number of hydrogen-bond donors (Lipinski definition) is 2. The Kier molecular flexibility index (Phi) is 4.70. The second-order valence-corrected chi connectivity index (χ2v) is 3.56. The molecule has 0 aliphatic carbocycles. The van der Waals surface area contributed by atoms with E-state index < -0.39 is 18.2 Å². The Morgan fingerprint density at radius 2 is 2.24 bits per heavy atom. The highest BCUT2D eigenvalue weighted by molar-refractivity contribution is 5.69. The molecule has 0 aliphatic heterocycles. The highest BCUT2D eigenvalue weighted by Crippen LogP contribution is 2.20. The number of terminal acetylenes is 1. The lowest BCUT2D eigenvalue weighted by Crippen LogP contribution is -2.22. The molecule has 0 radical (unpaired) electrons. The molecule has 0 spiro atoms. The third-order valence-electron chi connectivity index (χ3n) is 2.36. The Bertz CT molecular complexity index is 433. The SMILES string of the molecule is C#Cc1cccc(C(O)C(O)CC(=O)OC)c1. The summed E-state index contributed by atoms with van der Waals surface area (Å²) in [5.41, 5.74) is 1.07. The fourth-order valence-electron chi connectivity index (χ4n) is 1.40. The van der Waals surface area contributed by atoms with Gasteiger partial charge in [0.15, 0.2) is 0 Å². The van der Waals surface area contributed by atoms with Crippen LogP contribution in [0.2, 0.25) is 0 Å². The summed E-state index contributed by atoms with van der Waals surface area (Å²) in [7, 11) is 1.22. The average Bonchev–Trinajstić information content (AvgIpc) is 2.37. The maximum Gasteiger partial charge on any atom is 0.308 e. The van der Waals surface area contributed by atoms with Crippen LogP contribution in [0.3, 0.4) is 0 Å². The molecule has 0 fully saturated rings. The first-order chi connectivity index (χ1) is 8.08. The average molecular weight is 234 g/mol. The first-order valence-corrected chi connectivity index (χ1v) is 5.08. The summed E-state index contributed by atoms with van der Waals surface area (Å²) < 4.78 is 4.41. The van der Waals surface area contributed by atoms with Crippen LogP contribution in [-0.4, -0.2) is 29.4 Å². The molecular weight excluding hydrogens is 220 g/mol. The minimum atomic E-state index is -1.21. The predicted molar refractivity (Wildman–Crippen MR) is 62.0 cm³/mol. The van der Waals surface area contributed by atoms with Gasteiger partial charge in [-0.1, -0.05) is 18.1 Å². The van der Waals surface area contributed by atoms with Crippen molar-refractivity contribution in [2.24, 2.45) is 0 Å². The monoisotopic (exact) mass is 234 g/mol. The van der Waals surface area contributed by atoms with Crippen molar-refractivity contribution in [3.05, 3.63) is 35.4 Å². The number of benzene rings is 1. The molecule has 0 saturated heterocycles. The summed E-state index contributed by atoms with van der Waals surface area (Å²) in [5.74, 6) is 1.85. The molecule has 1 aromatic rings. The van der Waals surface area contributed by atoms with Gasteiger partial charge in [0.2, 0.25) is 0 Å². The van der Waals surface area contributed by atoms with E-state index in [4.69, 9.17) is 6.42 Å². The van der Waals surface area contributed by atoms with E-state index in [9.17, 15) is 15.0 Å². The molecule has 17 heavy (non-hydrogen) atoms. The van der Waals surface area contributed by atoms with Crippen LogP contribution in [-0.2, 0) is 9.53 Å². The fraction of sp³-hybridized carbons (Fsp3) is 0.308. The standard InChI is InChI=1S/C13H14O4/c1-3-9-5-4-6-10(7-9)13(16)11(14)8-12(15)17-2/h1,4-7,11,13-14,16H,8H2,2H3. The van der Waals surface area contributed by atoms with Gasteiger partial charge in [0, 0.05) is 5.56 Å². The third kappa shape index (κ3) is 3.59. The van der Waals surface area contributed by atoms with Crippen LogP contribution in [0.1, 0.15) is 23.7 Å². The highest BCUT2D eigenvalue weighted by atomic mass is 16.5. The molecule has 2 N–H and O–H groups in total. The smallest absolute Gasteiger partial charge is 0.308 e. The summed E-state index contributed by atoms with van der Waals surface area (Å²) in [6, 6.07) is 6.61. The number of esters is 1. The van der Waals surface area contributed by atoms with Gasteiger partial charge in [-0.25, -0.2) is 0 Å². The molecule has 2 unspecified atom stereocenters. The van der Waals surface area contributed by atoms with Crippen LogP contribution in [0.4, 0.5) is 0 Å². The zero-order valence-corrected chi connectivity index (χ0v) is 9.46. The minimum absolute atomic E-state index is 0.266. The largest absolute Gasteiger partial charge is 0.469 e. The normalized spacial score (nSPS) is 13.5. The first-order valence-electron chi connectivity index (χ1n) is 5.08. The van der Waals surface area contributed by atoms with Crippen molar-refractivity contribution in [1.29, 1.82) is 0 Å². The molecule has 4 heteroatoms. The van der Waals surface area contributed by atoms with E-state index in [1.807, 2.05) is 0 Å². The maximum absolute atomic E-state index is 11.0. The molecule has 0 aromatic heterocycles. The minimum Gasteiger partial charge on any atom is -0.469 e. The van der Waals surface area contributed by atoms with Gasteiger partial charge in [-0.05, 0) is 17.7 Å². The van der Waals surface area contributed by atoms with Crippen LogP contribution in [0.25, 0.3) is 0 Å². The van der Waals surface area contributed by atoms with Gasteiger partial charge < -0.3 is 14.9 Å². The second kappa shape index (κ2) is 6.04. The van der Waals surface area contributed by atoms with Gasteiger partial charge in [-0.3, -0.25) is 4.79 Å². The Balaban J connectivity index is 2.78. The van der Waals surface area contributed by atoms with Crippen molar-refractivity contribution in [3.8, 4) is 12.3 Å². The first kappa shape index (κ1) is 13.2. The third-order valence-corrected chi connectivity index (χ3v) is 2.36. The fourth-order valence-corrected chi connectivity index (χ4v) is 1.40. The molecule has 0 heterocycles. The Labute approximate surface area is 99.8 Å². The molecule has 0 amide bonds. The van der Waals surface area contributed by atoms with E-state index in [1.165, 1.54) is 7.11 Å². The van der Waals surface area contributed by atoms with Crippen molar-refractivity contribution in [1.82, 2.24) is 0 Å². The van der Waals surface area contributed by atoms with E-state index in [0.29, 0.717) is 11.1 Å². The Morgan fingerprint density at radius 1 is 1.53 bits per heavy atom. The Hall–Kier alpha value is -1.83. The van der Waals surface area contributed by atoms with E-state index in [1.54, 1.807) is 24.3 Å². The molecule has 1 aromatic carbocycles. The molecule has 0 bridgehead atoms. The zero-order chi connectivity index (χ0) is 12.8. The Morgan fingerprint density at radius 3 is 2.82 bits per heavy atom. The lowest BCUT2D eigenvalue weighted by atomic mass is 10.0. The van der Waals surface area contributed by atoms with E-state index in [2.05, 4.69) is 10.7 Å². The van der Waals surface area contributed by atoms with Gasteiger partial charge in [0.05, 0.1) is 19.6 Å². The van der Waals surface area contributed by atoms with Crippen LogP contribution in [0, 0.1) is 12.3 Å². The zero-order valence-electron chi connectivity index (χ0n) is 9.46. The van der Waals surface area contributed by atoms with Crippen LogP contribution in [0.15, 0.2) is 24.3 Å². The highest BCUT2D eigenvalue weighted by Gasteiger charge is 2.21. The van der Waals surface area contributed by atoms with Crippen molar-refractivity contribution >= 4 is 5.97 Å². The summed E-state index contributed by atoms with van der Waals surface area (Å²) in [6.07, 6.45) is 2.59. The summed E-state index contributed by atoms with van der Waals surface area (Å²) in [5, 5.41) is 19.5. The number of carbonyl (C=O) groups is 1. The molecule has 0 aliphatic rings. The number of aliphatic hydroxyl groups is 2. The number of hydrogen-bond acceptors (Lipinski definition) is 4. The molecule has 0 saturated carbocycles. The lowest BCUT2D eigenvalue weighted by Gasteiger charge is -2.17. The van der Waals surface area contributed by atoms with Crippen molar-refractivity contribution in [2.75, 3.05) is 7.11 Å². The van der Waals surface area contributed by atoms with Crippen LogP contribution in [0.5, 0.6) is 0 Å². The second-order valence-electron chi connectivity index (χ2n) is 3.56. The van der Waals surface area contributed by atoms with Crippen LogP contribution >= 0.6 is 0 Å². The summed E-state index contributed by atoms with van der Waals surface area (Å²) in [4.78, 5) is 11.0. The van der Waals surface area contributed by atoms with Crippen LogP contribution < -0.4 is 0 Å². The van der Waals surface area contributed by atoms with Gasteiger partial charge in [-0.2, -0.15) is 0 Å². The van der Waals surface area contributed by atoms with Gasteiger partial charge in [0.1, 0.15) is 6.10 Å². The number of carbonyl (C=O) groups excluding carboxylic acids is 1. The van der Waals surface area contributed by atoms with E-state index >= 15 is 0 Å². The van der Waals surface area contributed by atoms with Gasteiger partial charge >= 0.3 is 5.97 Å². The van der Waals surface area contributed by atoms with Crippen molar-refractivity contribution in [2.45, 2.75) is 18.6 Å². The van der Waals surface area contributed by atoms with Crippen molar-refractivity contribution in [3.63, 3.8) is 0 Å². The molecule has 1 rings (SSSR count). The predicted octanol–water partition coefficient (Wildman–Crippen LogP) is 0.625. The quantitative estimate of drug-likeness (QED) is 0.592. The number of aliphatic hydroxyl groups excluding tert-OH is 2. The van der Waals surface area contributed by atoms with Crippen molar-refractivity contribution < 1.29 is 19.7 Å².